The fourth-order valence-electron chi connectivity index (χ4n) is 1.97. The largest absolute Gasteiger partial charge is 0.399 e. The van der Waals surface area contributed by atoms with E-state index in [0.29, 0.717) is 5.69 Å². The van der Waals surface area contributed by atoms with E-state index < -0.39 is 11.7 Å². The number of rotatable bonds is 7. The molecule has 1 unspecified atom stereocenters. The molecule has 0 aliphatic rings. The average molecular weight is 266 g/mol. The number of halogens is 1. The Morgan fingerprint density at radius 2 is 2.11 bits per heavy atom. The summed E-state index contributed by atoms with van der Waals surface area (Å²) >= 11 is 0. The number of carbonyl (C=O) groups excluding carboxylic acids is 1. The number of benzene rings is 1. The number of anilines is 1. The standard InChI is InChI=1S/C15H23FN2O/c1-3-4-5-6-7-11(2)18-15(19)13-10-12(17)8-9-14(13)16/h8-11H,3-7,17H2,1-2H3,(H,18,19). The molecule has 4 heteroatoms. The van der Waals surface area contributed by atoms with Gasteiger partial charge in [0.2, 0.25) is 0 Å². The van der Waals surface area contributed by atoms with E-state index in [4.69, 9.17) is 5.73 Å². The Hall–Kier alpha value is -1.58. The van der Waals surface area contributed by atoms with Gasteiger partial charge in [-0.15, -0.1) is 0 Å². The van der Waals surface area contributed by atoms with Crippen LogP contribution < -0.4 is 11.1 Å². The van der Waals surface area contributed by atoms with Gasteiger partial charge in [0.25, 0.3) is 5.91 Å². The van der Waals surface area contributed by atoms with Crippen LogP contribution in [0.2, 0.25) is 0 Å². The van der Waals surface area contributed by atoms with Crippen molar-refractivity contribution >= 4 is 11.6 Å². The van der Waals surface area contributed by atoms with Gasteiger partial charge in [0.1, 0.15) is 5.82 Å². The topological polar surface area (TPSA) is 55.1 Å². The molecule has 0 fully saturated rings. The van der Waals surface area contributed by atoms with E-state index in [1.807, 2.05) is 6.92 Å². The minimum atomic E-state index is -0.537. The number of nitrogens with one attached hydrogen (secondary N) is 1. The highest BCUT2D eigenvalue weighted by Crippen LogP contribution is 2.13. The van der Waals surface area contributed by atoms with Gasteiger partial charge < -0.3 is 11.1 Å². The normalized spacial score (nSPS) is 12.2. The Bertz CT molecular complexity index is 421. The summed E-state index contributed by atoms with van der Waals surface area (Å²) in [6, 6.07) is 4.08. The van der Waals surface area contributed by atoms with Crippen molar-refractivity contribution in [3.63, 3.8) is 0 Å². The van der Waals surface area contributed by atoms with Gasteiger partial charge in [0.15, 0.2) is 0 Å². The van der Waals surface area contributed by atoms with Gasteiger partial charge in [0, 0.05) is 11.7 Å². The quantitative estimate of drug-likeness (QED) is 0.586. The molecule has 0 heterocycles. The second kappa shape index (κ2) is 7.77. The molecule has 19 heavy (non-hydrogen) atoms. The lowest BCUT2D eigenvalue weighted by Crippen LogP contribution is -2.33. The van der Waals surface area contributed by atoms with Crippen LogP contribution in [0.5, 0.6) is 0 Å². The summed E-state index contributed by atoms with van der Waals surface area (Å²) in [4.78, 5) is 11.9. The zero-order valence-electron chi connectivity index (χ0n) is 11.7. The van der Waals surface area contributed by atoms with Crippen molar-refractivity contribution in [1.82, 2.24) is 5.32 Å². The highest BCUT2D eigenvalue weighted by molar-refractivity contribution is 5.95. The van der Waals surface area contributed by atoms with E-state index in [1.165, 1.54) is 37.5 Å². The molecule has 0 aliphatic carbocycles. The summed E-state index contributed by atoms with van der Waals surface area (Å²) in [6.45, 7) is 4.10. The van der Waals surface area contributed by atoms with Crippen LogP contribution in [-0.2, 0) is 0 Å². The Labute approximate surface area is 114 Å². The maximum Gasteiger partial charge on any atom is 0.254 e. The molecule has 1 aromatic carbocycles. The van der Waals surface area contributed by atoms with Crippen LogP contribution in [0.4, 0.5) is 10.1 Å². The van der Waals surface area contributed by atoms with Crippen LogP contribution in [0.3, 0.4) is 0 Å². The van der Waals surface area contributed by atoms with Crippen LogP contribution in [-0.4, -0.2) is 11.9 Å². The Balaban J connectivity index is 2.47. The predicted molar refractivity (Wildman–Crippen MR) is 76.5 cm³/mol. The van der Waals surface area contributed by atoms with Gasteiger partial charge in [-0.2, -0.15) is 0 Å². The lowest BCUT2D eigenvalue weighted by Gasteiger charge is -2.14. The van der Waals surface area contributed by atoms with Gasteiger partial charge in [-0.25, -0.2) is 4.39 Å². The predicted octanol–water partition coefficient (Wildman–Crippen LogP) is 3.50. The van der Waals surface area contributed by atoms with E-state index in [1.54, 1.807) is 0 Å². The number of nitrogen functional groups attached to an aromatic ring is 1. The monoisotopic (exact) mass is 266 g/mol. The lowest BCUT2D eigenvalue weighted by molar-refractivity contribution is 0.0934. The SMILES string of the molecule is CCCCCCC(C)NC(=O)c1cc(N)ccc1F. The zero-order valence-corrected chi connectivity index (χ0v) is 11.7. The summed E-state index contributed by atoms with van der Waals surface area (Å²) in [6.07, 6.45) is 5.56. The lowest BCUT2D eigenvalue weighted by atomic mass is 10.1. The molecule has 106 valence electrons. The second-order valence-electron chi connectivity index (χ2n) is 4.96. The third-order valence-electron chi connectivity index (χ3n) is 3.10. The van der Waals surface area contributed by atoms with E-state index in [0.717, 1.165) is 12.8 Å². The molecule has 0 aromatic heterocycles. The minimum absolute atomic E-state index is 0.0143. The molecular weight excluding hydrogens is 243 g/mol. The highest BCUT2D eigenvalue weighted by atomic mass is 19.1. The number of hydrogen-bond donors (Lipinski definition) is 2. The molecule has 0 aliphatic heterocycles. The van der Waals surface area contributed by atoms with Crippen molar-refractivity contribution in [1.29, 1.82) is 0 Å². The van der Waals surface area contributed by atoms with Gasteiger partial charge in [0.05, 0.1) is 5.56 Å². The number of hydrogen-bond acceptors (Lipinski definition) is 2. The van der Waals surface area contributed by atoms with Gasteiger partial charge in [-0.1, -0.05) is 32.6 Å². The maximum absolute atomic E-state index is 13.5. The Morgan fingerprint density at radius 3 is 2.79 bits per heavy atom. The number of nitrogens with two attached hydrogens (primary N) is 1. The first-order chi connectivity index (χ1) is 9.04. The first-order valence-corrected chi connectivity index (χ1v) is 6.90. The summed E-state index contributed by atoms with van der Waals surface area (Å²) < 4.78 is 13.5. The smallest absolute Gasteiger partial charge is 0.254 e. The molecule has 1 amide bonds. The van der Waals surface area contributed by atoms with Crippen molar-refractivity contribution < 1.29 is 9.18 Å². The number of amides is 1. The molecule has 0 saturated heterocycles. The van der Waals surface area contributed by atoms with Crippen molar-refractivity contribution in [2.24, 2.45) is 0 Å². The molecule has 1 aromatic rings. The Morgan fingerprint density at radius 1 is 1.37 bits per heavy atom. The van der Waals surface area contributed by atoms with Crippen LogP contribution in [0, 0.1) is 5.82 Å². The first-order valence-electron chi connectivity index (χ1n) is 6.90. The molecule has 0 radical (unpaired) electrons. The molecule has 1 rings (SSSR count). The molecule has 0 saturated carbocycles. The van der Waals surface area contributed by atoms with E-state index >= 15 is 0 Å². The van der Waals surface area contributed by atoms with Crippen molar-refractivity contribution in [2.45, 2.75) is 52.0 Å². The van der Waals surface area contributed by atoms with Crippen LogP contribution >= 0.6 is 0 Å². The average Bonchev–Trinajstić information content (AvgIpc) is 2.37. The van der Waals surface area contributed by atoms with Crippen molar-refractivity contribution in [3.8, 4) is 0 Å². The Kier molecular flexibility index (Phi) is 6.33. The molecule has 3 nitrogen and oxygen atoms in total. The van der Waals surface area contributed by atoms with E-state index in [9.17, 15) is 9.18 Å². The molecule has 0 bridgehead atoms. The van der Waals surface area contributed by atoms with Crippen LogP contribution in [0.1, 0.15) is 56.3 Å². The van der Waals surface area contributed by atoms with Crippen molar-refractivity contribution in [3.05, 3.63) is 29.6 Å². The van der Waals surface area contributed by atoms with Crippen LogP contribution in [0.25, 0.3) is 0 Å². The molecular formula is C15H23FN2O. The fraction of sp³-hybridized carbons (Fsp3) is 0.533. The van der Waals surface area contributed by atoms with E-state index in [-0.39, 0.29) is 11.6 Å². The van der Waals surface area contributed by atoms with Crippen molar-refractivity contribution in [2.75, 3.05) is 5.73 Å². The van der Waals surface area contributed by atoms with Gasteiger partial charge in [-0.3, -0.25) is 4.79 Å². The first kappa shape index (κ1) is 15.5. The third kappa shape index (κ3) is 5.28. The van der Waals surface area contributed by atoms with Gasteiger partial charge >= 0.3 is 0 Å². The molecule has 0 spiro atoms. The van der Waals surface area contributed by atoms with Crippen LogP contribution in [0.15, 0.2) is 18.2 Å². The van der Waals surface area contributed by atoms with E-state index in [2.05, 4.69) is 12.2 Å². The second-order valence-corrected chi connectivity index (χ2v) is 4.96. The number of carbonyl (C=O) groups is 1. The summed E-state index contributed by atoms with van der Waals surface area (Å²) in [5.41, 5.74) is 5.97. The number of unbranched alkanes of at least 4 members (excludes halogenated alkanes) is 3. The van der Waals surface area contributed by atoms with Gasteiger partial charge in [-0.05, 0) is 31.5 Å². The molecule has 3 N–H and O–H groups in total. The zero-order chi connectivity index (χ0) is 14.3. The highest BCUT2D eigenvalue weighted by Gasteiger charge is 2.14. The summed E-state index contributed by atoms with van der Waals surface area (Å²) in [5.74, 6) is -0.933. The maximum atomic E-state index is 13.5. The fourth-order valence-corrected chi connectivity index (χ4v) is 1.97. The summed E-state index contributed by atoms with van der Waals surface area (Å²) in [5, 5.41) is 2.81. The minimum Gasteiger partial charge on any atom is -0.399 e. The molecule has 1 atom stereocenters. The third-order valence-corrected chi connectivity index (χ3v) is 3.10. The summed E-state index contributed by atoms with van der Waals surface area (Å²) in [7, 11) is 0.